The molecule has 1 N–H and O–H groups in total. The highest BCUT2D eigenvalue weighted by Crippen LogP contribution is 2.27. The van der Waals surface area contributed by atoms with Crippen molar-refractivity contribution in [2.75, 3.05) is 14.1 Å². The van der Waals surface area contributed by atoms with Gasteiger partial charge in [0.15, 0.2) is 5.69 Å². The molecule has 1 aromatic carbocycles. The van der Waals surface area contributed by atoms with Crippen LogP contribution in [-0.4, -0.2) is 34.8 Å². The third-order valence-corrected chi connectivity index (χ3v) is 2.86. The summed E-state index contributed by atoms with van der Waals surface area (Å²) in [4.78, 5) is 13.3. The number of benzene rings is 1. The van der Waals surface area contributed by atoms with E-state index in [0.717, 1.165) is 4.73 Å². The second-order valence-electron chi connectivity index (χ2n) is 4.01. The molecule has 0 fully saturated rings. The number of halogens is 1. The van der Waals surface area contributed by atoms with Crippen LogP contribution < -0.4 is 0 Å². The molecule has 1 aromatic heterocycles. The molecule has 2 rings (SSSR count). The lowest BCUT2D eigenvalue weighted by Crippen LogP contribution is -2.25. The summed E-state index contributed by atoms with van der Waals surface area (Å²) in [5.74, 6) is -0.443. The molecule has 1 heterocycles. The van der Waals surface area contributed by atoms with Gasteiger partial charge in [-0.15, -0.1) is 0 Å². The fraction of sp³-hybridized carbons (Fsp3) is 0.167. The predicted octanol–water partition coefficient (Wildman–Crippen LogP) is 2.11. The topological polar surface area (TPSA) is 69.3 Å². The zero-order valence-electron chi connectivity index (χ0n) is 9.81. The summed E-state index contributed by atoms with van der Waals surface area (Å²) in [5, 5.41) is 20.0. The predicted molar refractivity (Wildman–Crippen MR) is 66.9 cm³/mol. The first kappa shape index (κ1) is 12.3. The molecule has 0 saturated carbocycles. The number of carbonyl (C=O) groups excluding carboxylic acids is 1. The summed E-state index contributed by atoms with van der Waals surface area (Å²) >= 11 is 5.86. The van der Waals surface area contributed by atoms with Gasteiger partial charge < -0.3 is 10.1 Å². The van der Waals surface area contributed by atoms with Gasteiger partial charge in [-0.25, -0.2) is 0 Å². The van der Waals surface area contributed by atoms with Gasteiger partial charge in [0.2, 0.25) is 0 Å². The number of nitrogens with zero attached hydrogens (tertiary/aromatic N) is 3. The molecule has 2 aromatic rings. The number of hydrogen-bond acceptors (Lipinski definition) is 3. The van der Waals surface area contributed by atoms with Gasteiger partial charge in [0.05, 0.1) is 11.1 Å². The molecule has 1 amide bonds. The van der Waals surface area contributed by atoms with Crippen LogP contribution in [0.25, 0.3) is 10.9 Å². The van der Waals surface area contributed by atoms with Crippen molar-refractivity contribution < 1.29 is 10.0 Å². The summed E-state index contributed by atoms with van der Waals surface area (Å²) in [6, 6.07) is 6.63. The molecular formula is C12H10ClN3O2. The third kappa shape index (κ3) is 1.67. The van der Waals surface area contributed by atoms with Crippen LogP contribution in [0.5, 0.6) is 0 Å². The highest BCUT2D eigenvalue weighted by atomic mass is 35.5. The van der Waals surface area contributed by atoms with Crippen molar-refractivity contribution in [2.24, 2.45) is 0 Å². The lowest BCUT2D eigenvalue weighted by Gasteiger charge is -2.10. The van der Waals surface area contributed by atoms with Crippen molar-refractivity contribution in [3.8, 4) is 6.07 Å². The summed E-state index contributed by atoms with van der Waals surface area (Å²) < 4.78 is 0.729. The summed E-state index contributed by atoms with van der Waals surface area (Å²) in [7, 11) is 3.10. The Labute approximate surface area is 108 Å². The van der Waals surface area contributed by atoms with Gasteiger partial charge in [-0.1, -0.05) is 11.6 Å². The molecule has 0 aliphatic carbocycles. The normalized spacial score (nSPS) is 10.3. The average molecular weight is 264 g/mol. The van der Waals surface area contributed by atoms with Crippen LogP contribution in [0.3, 0.4) is 0 Å². The Kier molecular flexibility index (Phi) is 2.89. The minimum Gasteiger partial charge on any atom is -0.428 e. The van der Waals surface area contributed by atoms with Crippen LogP contribution in [0, 0.1) is 11.3 Å². The van der Waals surface area contributed by atoms with Gasteiger partial charge in [0, 0.05) is 24.5 Å². The number of rotatable bonds is 1. The van der Waals surface area contributed by atoms with E-state index in [4.69, 9.17) is 16.9 Å². The lowest BCUT2D eigenvalue weighted by molar-refractivity contribution is 0.0781. The van der Waals surface area contributed by atoms with E-state index >= 15 is 0 Å². The molecule has 0 atom stereocenters. The second-order valence-corrected chi connectivity index (χ2v) is 4.44. The Morgan fingerprint density at radius 1 is 1.50 bits per heavy atom. The van der Waals surface area contributed by atoms with Crippen LogP contribution in [-0.2, 0) is 0 Å². The van der Waals surface area contributed by atoms with Crippen molar-refractivity contribution in [1.29, 1.82) is 5.26 Å². The zero-order chi connectivity index (χ0) is 13.4. The Morgan fingerprint density at radius 3 is 2.72 bits per heavy atom. The van der Waals surface area contributed by atoms with Crippen molar-refractivity contribution in [2.45, 2.75) is 0 Å². The Balaban J connectivity index is 2.86. The first-order chi connectivity index (χ1) is 8.47. The van der Waals surface area contributed by atoms with E-state index in [1.165, 1.54) is 4.90 Å². The Bertz CT molecular complexity index is 683. The molecule has 92 valence electrons. The van der Waals surface area contributed by atoms with E-state index in [0.29, 0.717) is 15.9 Å². The molecule has 5 nitrogen and oxygen atoms in total. The van der Waals surface area contributed by atoms with Crippen LogP contribution in [0.1, 0.15) is 16.1 Å². The van der Waals surface area contributed by atoms with E-state index < -0.39 is 5.91 Å². The van der Waals surface area contributed by atoms with E-state index in [1.54, 1.807) is 32.3 Å². The van der Waals surface area contributed by atoms with Crippen molar-refractivity contribution in [1.82, 2.24) is 9.63 Å². The van der Waals surface area contributed by atoms with Gasteiger partial charge in [-0.3, -0.25) is 4.79 Å². The second kappa shape index (κ2) is 4.24. The van der Waals surface area contributed by atoms with Gasteiger partial charge in [0.25, 0.3) is 5.91 Å². The monoisotopic (exact) mass is 263 g/mol. The fourth-order valence-electron chi connectivity index (χ4n) is 1.77. The third-order valence-electron chi connectivity index (χ3n) is 2.63. The molecule has 0 bridgehead atoms. The van der Waals surface area contributed by atoms with Crippen LogP contribution >= 0.6 is 11.6 Å². The maximum Gasteiger partial charge on any atom is 0.274 e. The van der Waals surface area contributed by atoms with Crippen LogP contribution in [0.4, 0.5) is 0 Å². The lowest BCUT2D eigenvalue weighted by atomic mass is 10.1. The smallest absolute Gasteiger partial charge is 0.274 e. The minimum absolute atomic E-state index is 0.0558. The fourth-order valence-corrected chi connectivity index (χ4v) is 1.94. The molecule has 0 unspecified atom stereocenters. The molecule has 6 heteroatoms. The van der Waals surface area contributed by atoms with Gasteiger partial charge >= 0.3 is 0 Å². The molecule has 0 spiro atoms. The van der Waals surface area contributed by atoms with E-state index in [-0.39, 0.29) is 11.3 Å². The van der Waals surface area contributed by atoms with Gasteiger partial charge in [0.1, 0.15) is 6.07 Å². The van der Waals surface area contributed by atoms with Crippen molar-refractivity contribution in [3.05, 3.63) is 34.5 Å². The summed E-state index contributed by atoms with van der Waals surface area (Å²) in [6.07, 6.45) is 0. The summed E-state index contributed by atoms with van der Waals surface area (Å²) in [5.41, 5.74) is 0.439. The number of fused-ring (bicyclic) bond motifs is 1. The molecule has 0 saturated heterocycles. The molecule has 0 aliphatic heterocycles. The molecule has 0 radical (unpaired) electrons. The molecular weight excluding hydrogens is 254 g/mol. The van der Waals surface area contributed by atoms with Crippen molar-refractivity contribution >= 4 is 28.4 Å². The number of nitriles is 1. The number of aromatic nitrogens is 1. The highest BCUT2D eigenvalue weighted by Gasteiger charge is 2.24. The van der Waals surface area contributed by atoms with Gasteiger partial charge in [-0.2, -0.15) is 9.99 Å². The Morgan fingerprint density at radius 2 is 2.17 bits per heavy atom. The van der Waals surface area contributed by atoms with E-state index in [9.17, 15) is 10.0 Å². The average Bonchev–Trinajstić information content (AvgIpc) is 2.60. The Hall–Kier alpha value is -2.19. The standard InChI is InChI=1S/C12H10ClN3O2/c1-15(2)12(17)11-9(6-14)8-5-7(13)3-4-10(8)16(11)18/h3-5,18H,1-2H3. The molecule has 18 heavy (non-hydrogen) atoms. The molecule has 0 aliphatic rings. The minimum atomic E-state index is -0.443. The number of hydrogen-bond donors (Lipinski definition) is 1. The quantitative estimate of drug-likeness (QED) is 0.801. The van der Waals surface area contributed by atoms with Crippen LogP contribution in [0.15, 0.2) is 18.2 Å². The van der Waals surface area contributed by atoms with E-state index in [2.05, 4.69) is 0 Å². The maximum atomic E-state index is 12.0. The van der Waals surface area contributed by atoms with Crippen molar-refractivity contribution in [3.63, 3.8) is 0 Å². The zero-order valence-corrected chi connectivity index (χ0v) is 10.6. The number of carbonyl (C=O) groups is 1. The van der Waals surface area contributed by atoms with Gasteiger partial charge in [-0.05, 0) is 18.2 Å². The first-order valence-electron chi connectivity index (χ1n) is 5.12. The largest absolute Gasteiger partial charge is 0.428 e. The highest BCUT2D eigenvalue weighted by molar-refractivity contribution is 6.31. The van der Waals surface area contributed by atoms with Crippen LogP contribution in [0.2, 0.25) is 5.02 Å². The van der Waals surface area contributed by atoms with E-state index in [1.807, 2.05) is 6.07 Å². The maximum absolute atomic E-state index is 12.0. The first-order valence-corrected chi connectivity index (χ1v) is 5.50. The SMILES string of the molecule is CN(C)C(=O)c1c(C#N)c2cc(Cl)ccc2n1O. The summed E-state index contributed by atoms with van der Waals surface area (Å²) in [6.45, 7) is 0. The number of amides is 1.